The Morgan fingerprint density at radius 3 is 2.31 bits per heavy atom. The summed E-state index contributed by atoms with van der Waals surface area (Å²) in [6.45, 7) is 4.21. The van der Waals surface area contributed by atoms with E-state index in [1.54, 1.807) is 0 Å². The second-order valence-corrected chi connectivity index (χ2v) is 5.17. The van der Waals surface area contributed by atoms with E-state index in [2.05, 4.69) is 13.8 Å². The maximum Gasteiger partial charge on any atom is 0.243 e. The Bertz CT molecular complexity index is 215. The van der Waals surface area contributed by atoms with E-state index in [-0.39, 0.29) is 17.4 Å². The second-order valence-electron chi connectivity index (χ2n) is 5.17. The fourth-order valence-electron chi connectivity index (χ4n) is 3.26. The van der Waals surface area contributed by atoms with Crippen molar-refractivity contribution in [3.63, 3.8) is 0 Å². The van der Waals surface area contributed by atoms with E-state index in [1.807, 2.05) is 0 Å². The Hall–Kier alpha value is -0.180. The molecule has 0 aromatic carbocycles. The summed E-state index contributed by atoms with van der Waals surface area (Å²) in [7, 11) is 0. The van der Waals surface area contributed by atoms with E-state index >= 15 is 0 Å². The zero-order valence-corrected chi connectivity index (χ0v) is 8.13. The van der Waals surface area contributed by atoms with E-state index in [0.29, 0.717) is 5.92 Å². The van der Waals surface area contributed by atoms with Crippen LogP contribution in [0.1, 0.15) is 26.7 Å². The van der Waals surface area contributed by atoms with Gasteiger partial charge in [0.2, 0.25) is 6.43 Å². The van der Waals surface area contributed by atoms with Gasteiger partial charge >= 0.3 is 0 Å². The average Bonchev–Trinajstić information content (AvgIpc) is 2.03. The van der Waals surface area contributed by atoms with Gasteiger partial charge in [-0.25, -0.2) is 8.78 Å². The van der Waals surface area contributed by atoms with Crippen molar-refractivity contribution >= 4 is 0 Å². The monoisotopic (exact) mass is 189 g/mol. The molecule has 3 heteroatoms. The van der Waals surface area contributed by atoms with Crippen LogP contribution in [0.3, 0.4) is 0 Å². The van der Waals surface area contributed by atoms with Gasteiger partial charge in [0, 0.05) is 12.0 Å². The maximum atomic E-state index is 12.7. The fourth-order valence-corrected chi connectivity index (χ4v) is 3.26. The molecule has 0 unspecified atom stereocenters. The Morgan fingerprint density at radius 2 is 1.92 bits per heavy atom. The number of rotatable bonds is 1. The first kappa shape index (κ1) is 9.38. The van der Waals surface area contributed by atoms with Crippen molar-refractivity contribution in [2.75, 3.05) is 0 Å². The Labute approximate surface area is 77.7 Å². The summed E-state index contributed by atoms with van der Waals surface area (Å²) in [5.74, 6) is 0.184. The van der Waals surface area contributed by atoms with Gasteiger partial charge in [0.1, 0.15) is 0 Å². The van der Waals surface area contributed by atoms with Crippen LogP contribution in [0, 0.1) is 23.2 Å². The van der Waals surface area contributed by atoms with Crippen molar-refractivity contribution in [1.82, 2.24) is 0 Å². The van der Waals surface area contributed by atoms with E-state index in [4.69, 9.17) is 5.73 Å². The molecule has 13 heavy (non-hydrogen) atoms. The molecule has 3 aliphatic carbocycles. The SMILES string of the molecule is CC1(C)[C@@H]2C[C@@H](N)[C@H](C(F)F)[C@H]1C2. The highest BCUT2D eigenvalue weighted by Crippen LogP contribution is 2.61. The van der Waals surface area contributed by atoms with E-state index < -0.39 is 12.3 Å². The summed E-state index contributed by atoms with van der Waals surface area (Å²) >= 11 is 0. The Morgan fingerprint density at radius 1 is 1.31 bits per heavy atom. The zero-order chi connectivity index (χ0) is 9.80. The van der Waals surface area contributed by atoms with Crippen LogP contribution in [0.25, 0.3) is 0 Å². The largest absolute Gasteiger partial charge is 0.327 e. The van der Waals surface area contributed by atoms with Crippen LogP contribution in [-0.4, -0.2) is 12.5 Å². The van der Waals surface area contributed by atoms with Crippen molar-refractivity contribution in [2.45, 2.75) is 39.2 Å². The molecule has 2 N–H and O–H groups in total. The van der Waals surface area contributed by atoms with E-state index in [9.17, 15) is 8.78 Å². The van der Waals surface area contributed by atoms with Crippen LogP contribution in [0.5, 0.6) is 0 Å². The Kier molecular flexibility index (Phi) is 1.92. The molecule has 0 aliphatic heterocycles. The number of hydrogen-bond acceptors (Lipinski definition) is 1. The molecule has 0 spiro atoms. The molecule has 0 saturated heterocycles. The lowest BCUT2D eigenvalue weighted by Gasteiger charge is -2.61. The molecular weight excluding hydrogens is 172 g/mol. The van der Waals surface area contributed by atoms with Crippen LogP contribution in [0.15, 0.2) is 0 Å². The molecule has 0 radical (unpaired) electrons. The highest BCUT2D eigenvalue weighted by atomic mass is 19.3. The molecule has 0 heterocycles. The minimum absolute atomic E-state index is 0.108. The third-order valence-electron chi connectivity index (χ3n) is 4.35. The predicted octanol–water partition coefficient (Wildman–Crippen LogP) is 2.26. The van der Waals surface area contributed by atoms with Crippen LogP contribution >= 0.6 is 0 Å². The van der Waals surface area contributed by atoms with Gasteiger partial charge in [-0.2, -0.15) is 0 Å². The van der Waals surface area contributed by atoms with Gasteiger partial charge in [-0.3, -0.25) is 0 Å². The number of fused-ring (bicyclic) bond motifs is 2. The Balaban J connectivity index is 2.18. The molecular formula is C10H17F2N. The van der Waals surface area contributed by atoms with Crippen molar-refractivity contribution in [3.8, 4) is 0 Å². The van der Waals surface area contributed by atoms with Crippen molar-refractivity contribution < 1.29 is 8.78 Å². The lowest BCUT2D eigenvalue weighted by molar-refractivity contribution is -0.154. The van der Waals surface area contributed by atoms with Crippen molar-refractivity contribution in [3.05, 3.63) is 0 Å². The van der Waals surface area contributed by atoms with Crippen molar-refractivity contribution in [2.24, 2.45) is 28.9 Å². The maximum absolute atomic E-state index is 12.7. The molecule has 0 aromatic heterocycles. The highest BCUT2D eigenvalue weighted by Gasteiger charge is 2.59. The van der Waals surface area contributed by atoms with E-state index in [0.717, 1.165) is 12.8 Å². The fraction of sp³-hybridized carbons (Fsp3) is 1.00. The van der Waals surface area contributed by atoms with E-state index in [1.165, 1.54) is 0 Å². The molecule has 0 amide bonds. The summed E-state index contributed by atoms with van der Waals surface area (Å²) < 4.78 is 25.4. The number of nitrogens with two attached hydrogens (primary N) is 1. The van der Waals surface area contributed by atoms with Crippen LogP contribution in [-0.2, 0) is 0 Å². The van der Waals surface area contributed by atoms with Gasteiger partial charge < -0.3 is 5.73 Å². The lowest BCUT2D eigenvalue weighted by Crippen LogP contribution is -2.61. The molecule has 3 rings (SSSR count). The first-order chi connectivity index (χ1) is 5.94. The first-order valence-electron chi connectivity index (χ1n) is 4.98. The third kappa shape index (κ3) is 1.13. The molecule has 3 saturated carbocycles. The molecule has 0 aromatic rings. The summed E-state index contributed by atoms with van der Waals surface area (Å²) in [6, 6.07) is -0.267. The second kappa shape index (κ2) is 2.66. The van der Waals surface area contributed by atoms with Gasteiger partial charge in [-0.1, -0.05) is 13.8 Å². The molecule has 76 valence electrons. The first-order valence-corrected chi connectivity index (χ1v) is 4.98. The molecule has 1 nitrogen and oxygen atoms in total. The molecule has 3 fully saturated rings. The molecule has 4 atom stereocenters. The zero-order valence-electron chi connectivity index (χ0n) is 8.13. The van der Waals surface area contributed by atoms with Crippen LogP contribution < -0.4 is 5.73 Å². The highest BCUT2D eigenvalue weighted by molar-refractivity contribution is 5.07. The molecule has 2 bridgehead atoms. The van der Waals surface area contributed by atoms with Crippen LogP contribution in [0.4, 0.5) is 8.78 Å². The normalized spacial score (nSPS) is 47.5. The topological polar surface area (TPSA) is 26.0 Å². The summed E-state index contributed by atoms with van der Waals surface area (Å²) in [5.41, 5.74) is 5.85. The van der Waals surface area contributed by atoms with Gasteiger partial charge in [0.15, 0.2) is 0 Å². The average molecular weight is 189 g/mol. The number of alkyl halides is 2. The third-order valence-corrected chi connectivity index (χ3v) is 4.35. The summed E-state index contributed by atoms with van der Waals surface area (Å²) in [4.78, 5) is 0. The standard InChI is InChI=1S/C10H17F2N/c1-10(2)5-3-6(10)8(9(11)12)7(13)4-5/h5-9H,3-4,13H2,1-2H3/t5-,6+,7+,8+/m0/s1. The lowest BCUT2D eigenvalue weighted by atomic mass is 9.44. The molecule has 3 aliphatic rings. The minimum atomic E-state index is -2.24. The quantitative estimate of drug-likeness (QED) is 0.672. The summed E-state index contributed by atoms with van der Waals surface area (Å²) in [5, 5.41) is 0. The van der Waals surface area contributed by atoms with Gasteiger partial charge in [-0.15, -0.1) is 0 Å². The van der Waals surface area contributed by atoms with Gasteiger partial charge in [-0.05, 0) is 30.1 Å². The van der Waals surface area contributed by atoms with Gasteiger partial charge in [0.25, 0.3) is 0 Å². The predicted molar refractivity (Wildman–Crippen MR) is 47.5 cm³/mol. The summed E-state index contributed by atoms with van der Waals surface area (Å²) in [6.07, 6.45) is -0.477. The van der Waals surface area contributed by atoms with Crippen LogP contribution in [0.2, 0.25) is 0 Å². The number of halogens is 2. The van der Waals surface area contributed by atoms with Crippen molar-refractivity contribution in [1.29, 1.82) is 0 Å². The smallest absolute Gasteiger partial charge is 0.243 e. The van der Waals surface area contributed by atoms with Gasteiger partial charge in [0.05, 0.1) is 0 Å². The minimum Gasteiger partial charge on any atom is -0.327 e. The number of hydrogen-bond donors (Lipinski definition) is 1.